The predicted molar refractivity (Wildman–Crippen MR) is 203 cm³/mol. The number of piperidine rings is 1. The van der Waals surface area contributed by atoms with Gasteiger partial charge < -0.3 is 29.4 Å². The molecule has 2 aliphatic heterocycles. The Morgan fingerprint density at radius 1 is 0.949 bits per heavy atom. The number of halogens is 7. The van der Waals surface area contributed by atoms with Crippen molar-refractivity contribution in [3.63, 3.8) is 0 Å². The minimum Gasteiger partial charge on any atom is -0.449 e. The van der Waals surface area contributed by atoms with Crippen LogP contribution in [0.2, 0.25) is 0 Å². The predicted octanol–water partition coefficient (Wildman–Crippen LogP) is 6.90. The molecule has 11 nitrogen and oxygen atoms in total. The Kier molecular flexibility index (Phi) is 12.2. The zero-order valence-corrected chi connectivity index (χ0v) is 32.5. The number of amides is 1. The number of hydrogen-bond acceptors (Lipinski definition) is 11. The van der Waals surface area contributed by atoms with Crippen LogP contribution in [0.5, 0.6) is 5.75 Å². The molecule has 2 aliphatic rings. The maximum absolute atomic E-state index is 15.8. The maximum Gasteiger partial charge on any atom is 0.491 e. The number of aromatic amines is 1. The number of benzene rings is 3. The van der Waals surface area contributed by atoms with E-state index in [0.29, 0.717) is 80.2 Å². The fraction of sp³-hybridized carbons (Fsp3) is 0.385. The Bertz CT molecular complexity index is 2420. The number of aromatic nitrogens is 1. The molecule has 2 saturated heterocycles. The molecule has 0 aliphatic carbocycles. The number of alkyl halides is 6. The van der Waals surface area contributed by atoms with Gasteiger partial charge in [0.05, 0.1) is 23.5 Å². The summed E-state index contributed by atoms with van der Waals surface area (Å²) in [5.74, 6) is -6.40. The molecule has 59 heavy (non-hydrogen) atoms. The topological polar surface area (TPSA) is 130 Å². The second-order valence-electron chi connectivity index (χ2n) is 14.2. The average molecular weight is 869 g/mol. The molecule has 20 heteroatoms. The maximum atomic E-state index is 15.8. The number of fused-ring (bicyclic) bond motifs is 2. The third-order valence-corrected chi connectivity index (χ3v) is 12.1. The van der Waals surface area contributed by atoms with Crippen molar-refractivity contribution < 1.29 is 59.3 Å². The third-order valence-electron chi connectivity index (χ3n) is 10.3. The van der Waals surface area contributed by atoms with Crippen molar-refractivity contribution in [2.75, 3.05) is 45.9 Å². The molecular formula is C39H35F7N4O7S2. The van der Waals surface area contributed by atoms with E-state index in [1.807, 2.05) is 34.5 Å². The van der Waals surface area contributed by atoms with E-state index in [0.717, 1.165) is 22.2 Å². The number of ether oxygens (including phenoxy) is 3. The quantitative estimate of drug-likeness (QED) is 0.0631. The lowest BCUT2D eigenvalue weighted by atomic mass is 9.88. The summed E-state index contributed by atoms with van der Waals surface area (Å²) in [4.78, 5) is 54.3. The van der Waals surface area contributed by atoms with Gasteiger partial charge in [-0.1, -0.05) is 29.5 Å². The van der Waals surface area contributed by atoms with Crippen molar-refractivity contribution in [3.8, 4) is 5.75 Å². The van der Waals surface area contributed by atoms with Crippen molar-refractivity contribution in [3.05, 3.63) is 97.7 Å². The summed E-state index contributed by atoms with van der Waals surface area (Å²) < 4.78 is 110. The Balaban J connectivity index is 0.964. The Labute approximate surface area is 338 Å². The fourth-order valence-corrected chi connectivity index (χ4v) is 8.98. The highest BCUT2D eigenvalue weighted by atomic mass is 32.1. The number of hydrogen-bond donors (Lipinski definition) is 2. The second kappa shape index (κ2) is 17.0. The second-order valence-corrected chi connectivity index (χ2v) is 16.1. The number of thiazole rings is 1. The van der Waals surface area contributed by atoms with Crippen LogP contribution in [-0.2, 0) is 32.0 Å². The van der Waals surface area contributed by atoms with E-state index in [-0.39, 0.29) is 29.1 Å². The molecule has 5 aromatic rings. The summed E-state index contributed by atoms with van der Waals surface area (Å²) in [6, 6.07) is 14.4. The van der Waals surface area contributed by atoms with E-state index < -0.39 is 64.5 Å². The van der Waals surface area contributed by atoms with Crippen molar-refractivity contribution in [1.82, 2.24) is 20.1 Å². The van der Waals surface area contributed by atoms with Crippen molar-refractivity contribution in [1.29, 1.82) is 0 Å². The highest BCUT2D eigenvalue weighted by Gasteiger charge is 2.44. The van der Waals surface area contributed by atoms with Crippen LogP contribution in [-0.4, -0.2) is 96.5 Å². The van der Waals surface area contributed by atoms with Gasteiger partial charge >= 0.3 is 29.2 Å². The third kappa shape index (κ3) is 9.62. The highest BCUT2D eigenvalue weighted by molar-refractivity contribution is 7.17. The van der Waals surface area contributed by atoms with Crippen molar-refractivity contribution in [2.45, 2.75) is 49.9 Å². The molecule has 3 aromatic carbocycles. The van der Waals surface area contributed by atoms with Crippen LogP contribution in [0.3, 0.4) is 0 Å². The molecule has 0 radical (unpaired) electrons. The number of nitrogens with zero attached hydrogens (tertiary/aromatic N) is 2. The molecule has 4 heterocycles. The molecule has 2 aromatic heterocycles. The van der Waals surface area contributed by atoms with E-state index in [2.05, 4.69) is 19.9 Å². The van der Waals surface area contributed by atoms with Crippen molar-refractivity contribution in [2.24, 2.45) is 0 Å². The molecule has 1 spiro atoms. The Morgan fingerprint density at radius 2 is 1.69 bits per heavy atom. The van der Waals surface area contributed by atoms with E-state index >= 15 is 4.39 Å². The molecule has 2 fully saturated rings. The van der Waals surface area contributed by atoms with Gasteiger partial charge in [0, 0.05) is 54.1 Å². The summed E-state index contributed by atoms with van der Waals surface area (Å²) in [6.45, 7) is 2.36. The minimum absolute atomic E-state index is 0.00581. The highest BCUT2D eigenvalue weighted by Crippen LogP contribution is 2.36. The number of likely N-dealkylation sites (tertiary alicyclic amines) is 1. The number of carbonyl (C=O) groups excluding carboxylic acids is 3. The number of morpholine rings is 1. The lowest BCUT2D eigenvalue weighted by Gasteiger charge is -2.47. The van der Waals surface area contributed by atoms with E-state index in [4.69, 9.17) is 9.47 Å². The normalized spacial score (nSPS) is 16.8. The van der Waals surface area contributed by atoms with Crippen LogP contribution in [0.25, 0.3) is 20.3 Å². The Morgan fingerprint density at radius 3 is 2.44 bits per heavy atom. The van der Waals surface area contributed by atoms with Gasteiger partial charge in [0.2, 0.25) is 0 Å². The zero-order valence-electron chi connectivity index (χ0n) is 30.8. The van der Waals surface area contributed by atoms with Crippen LogP contribution in [0.1, 0.15) is 46.0 Å². The van der Waals surface area contributed by atoms with Gasteiger partial charge in [-0.15, -0.1) is 11.3 Å². The Hall–Kier alpha value is -4.89. The largest absolute Gasteiger partial charge is 0.491 e. The van der Waals surface area contributed by atoms with E-state index in [9.17, 15) is 45.5 Å². The summed E-state index contributed by atoms with van der Waals surface area (Å²) >= 11 is 2.01. The van der Waals surface area contributed by atoms with Crippen molar-refractivity contribution >= 4 is 60.8 Å². The number of nitrogens with one attached hydrogen (secondary N) is 2. The zero-order chi connectivity index (χ0) is 42.1. The lowest BCUT2D eigenvalue weighted by molar-refractivity contribution is -0.205. The first-order chi connectivity index (χ1) is 28.0. The lowest BCUT2D eigenvalue weighted by Crippen LogP contribution is -2.57. The van der Waals surface area contributed by atoms with Crippen LogP contribution in [0.15, 0.2) is 64.8 Å². The number of H-pyrrole nitrogens is 1. The van der Waals surface area contributed by atoms with Gasteiger partial charge in [-0.2, -0.15) is 26.3 Å². The first-order valence-electron chi connectivity index (χ1n) is 18.3. The van der Waals surface area contributed by atoms with Crippen LogP contribution in [0, 0.1) is 5.82 Å². The monoisotopic (exact) mass is 868 g/mol. The number of rotatable bonds is 11. The molecule has 7 rings (SSSR count). The van der Waals surface area contributed by atoms with Gasteiger partial charge in [0.1, 0.15) is 17.4 Å². The SMILES string of the molecule is O=C(c1ccc2sccc2c1)N1CCOC2(CCN(Cc3cccc(CCNC[C@H](OC(=O)C(F)(F)F)c4ccc(OC(=O)C(F)(F)F)c5[nH]c(=O)sc45)c3F)CC2)C1. The molecular weight excluding hydrogens is 834 g/mol. The average Bonchev–Trinajstić information content (AvgIpc) is 3.83. The molecule has 0 saturated carbocycles. The van der Waals surface area contributed by atoms with Crippen LogP contribution < -0.4 is 14.9 Å². The fourth-order valence-electron chi connectivity index (χ4n) is 7.30. The molecule has 314 valence electrons. The van der Waals surface area contributed by atoms with Gasteiger partial charge in [-0.3, -0.25) is 14.5 Å². The smallest absolute Gasteiger partial charge is 0.449 e. The van der Waals surface area contributed by atoms with Gasteiger partial charge in [-0.25, -0.2) is 14.0 Å². The van der Waals surface area contributed by atoms with Crippen LogP contribution in [0.4, 0.5) is 30.7 Å². The molecule has 2 N–H and O–H groups in total. The number of carbonyl (C=O) groups is 3. The first kappa shape index (κ1) is 42.2. The molecule has 1 amide bonds. The summed E-state index contributed by atoms with van der Waals surface area (Å²) in [7, 11) is 0. The standard InChI is InChI=1S/C39H35F7N4O7S2/c40-30-22(8-12-47-19-28(57-35(53)39(44,45)46)26-5-6-27(56-34(52)38(41,42)43)31-32(26)59-36(54)48-31)2-1-3-25(30)20-49-13-10-37(11-14-49)21-50(15-16-55-37)33(51)24-4-7-29-23(18-24)9-17-58-29/h1-7,9,17-18,28,47H,8,10-16,19-21H2,(H,48,54)/t28-/m0/s1. The first-order valence-corrected chi connectivity index (χ1v) is 20.0. The summed E-state index contributed by atoms with van der Waals surface area (Å²) in [6.07, 6.45) is -11.2. The van der Waals surface area contributed by atoms with Crippen LogP contribution >= 0.6 is 22.7 Å². The molecule has 1 atom stereocenters. The van der Waals surface area contributed by atoms with E-state index in [1.165, 1.54) is 0 Å². The van der Waals surface area contributed by atoms with Gasteiger partial charge in [0.15, 0.2) is 5.75 Å². The summed E-state index contributed by atoms with van der Waals surface area (Å²) in [5, 5.41) is 5.85. The minimum atomic E-state index is -5.41. The number of thiophene rings is 1. The molecule has 0 bridgehead atoms. The number of esters is 2. The summed E-state index contributed by atoms with van der Waals surface area (Å²) in [5.41, 5.74) is 0.241. The molecule has 0 unspecified atom stereocenters. The van der Waals surface area contributed by atoms with E-state index in [1.54, 1.807) is 29.5 Å². The van der Waals surface area contributed by atoms with Gasteiger partial charge in [0.25, 0.3) is 5.91 Å². The van der Waals surface area contributed by atoms with Gasteiger partial charge in [-0.05, 0) is 78.5 Å².